The smallest absolute Gasteiger partial charge is 0.258 e. The van der Waals surface area contributed by atoms with Crippen LogP contribution in [0.3, 0.4) is 0 Å². The summed E-state index contributed by atoms with van der Waals surface area (Å²) in [6.45, 7) is 0. The molecule has 0 radical (unpaired) electrons. The lowest BCUT2D eigenvalue weighted by Crippen LogP contribution is -2.14. The van der Waals surface area contributed by atoms with Crippen LogP contribution in [0.4, 0.5) is 11.4 Å². The zero-order chi connectivity index (χ0) is 15.5. The Hall–Kier alpha value is -2.82. The van der Waals surface area contributed by atoms with Crippen LogP contribution in [0.5, 0.6) is 11.5 Å². The van der Waals surface area contributed by atoms with Gasteiger partial charge < -0.3 is 15.2 Å². The van der Waals surface area contributed by atoms with Crippen molar-refractivity contribution >= 4 is 23.5 Å². The highest BCUT2D eigenvalue weighted by Crippen LogP contribution is 2.35. The SMILES string of the molecule is COc1cc2c(cc1O)/N=C\CCc1ccccc1NC2=O. The van der Waals surface area contributed by atoms with Gasteiger partial charge in [0.2, 0.25) is 0 Å². The van der Waals surface area contributed by atoms with Gasteiger partial charge in [-0.25, -0.2) is 0 Å². The molecular weight excluding hydrogens is 280 g/mol. The number of aromatic hydroxyl groups is 1. The van der Waals surface area contributed by atoms with Crippen molar-refractivity contribution in [3.8, 4) is 11.5 Å². The molecule has 0 unspecified atom stereocenters. The number of aryl methyl sites for hydroxylation is 1. The monoisotopic (exact) mass is 296 g/mol. The van der Waals surface area contributed by atoms with E-state index in [1.54, 1.807) is 6.21 Å². The van der Waals surface area contributed by atoms with Crippen molar-refractivity contribution in [3.63, 3.8) is 0 Å². The Bertz CT molecular complexity index is 754. The molecule has 5 nitrogen and oxygen atoms in total. The number of methoxy groups -OCH3 is 1. The molecular formula is C17H16N2O3. The molecule has 0 atom stereocenters. The number of rotatable bonds is 1. The second-order valence-corrected chi connectivity index (χ2v) is 5.00. The van der Waals surface area contributed by atoms with Gasteiger partial charge in [-0.15, -0.1) is 0 Å². The number of benzene rings is 2. The largest absolute Gasteiger partial charge is 0.504 e. The fourth-order valence-corrected chi connectivity index (χ4v) is 2.44. The maximum Gasteiger partial charge on any atom is 0.258 e. The predicted octanol–water partition coefficient (Wildman–Crippen LogP) is 3.30. The number of hydrogen-bond donors (Lipinski definition) is 2. The van der Waals surface area contributed by atoms with Gasteiger partial charge >= 0.3 is 0 Å². The highest BCUT2D eigenvalue weighted by atomic mass is 16.5. The minimum absolute atomic E-state index is 0.0383. The number of carbonyl (C=O) groups is 1. The topological polar surface area (TPSA) is 70.9 Å². The minimum atomic E-state index is -0.278. The van der Waals surface area contributed by atoms with Crippen LogP contribution in [0.2, 0.25) is 0 Å². The molecule has 0 spiro atoms. The summed E-state index contributed by atoms with van der Waals surface area (Å²) in [5.41, 5.74) is 2.65. The van der Waals surface area contributed by atoms with Gasteiger partial charge in [0, 0.05) is 18.0 Å². The van der Waals surface area contributed by atoms with E-state index in [1.165, 1.54) is 19.2 Å². The number of carbonyl (C=O) groups excluding carboxylic acids is 1. The van der Waals surface area contributed by atoms with Gasteiger partial charge in [0.25, 0.3) is 5.91 Å². The summed E-state index contributed by atoms with van der Waals surface area (Å²) in [5.74, 6) is -0.0714. The van der Waals surface area contributed by atoms with Crippen molar-refractivity contribution in [1.82, 2.24) is 0 Å². The van der Waals surface area contributed by atoms with E-state index < -0.39 is 0 Å². The number of nitrogens with one attached hydrogen (secondary N) is 1. The molecule has 0 fully saturated rings. The van der Waals surface area contributed by atoms with Crippen molar-refractivity contribution in [2.75, 3.05) is 12.4 Å². The van der Waals surface area contributed by atoms with Gasteiger partial charge in [0.05, 0.1) is 18.4 Å². The number of anilines is 1. The average molecular weight is 296 g/mol. The lowest BCUT2D eigenvalue weighted by Gasteiger charge is -2.14. The normalized spacial score (nSPS) is 15.2. The molecule has 0 aliphatic carbocycles. The summed E-state index contributed by atoms with van der Waals surface area (Å²) in [5, 5.41) is 12.8. The van der Waals surface area contributed by atoms with Crippen LogP contribution in [-0.4, -0.2) is 24.3 Å². The number of aliphatic imine (C=N–C) groups is 1. The van der Waals surface area contributed by atoms with Gasteiger partial charge in [0.1, 0.15) is 0 Å². The highest BCUT2D eigenvalue weighted by Gasteiger charge is 2.17. The summed E-state index contributed by atoms with van der Waals surface area (Å²) >= 11 is 0. The lowest BCUT2D eigenvalue weighted by molar-refractivity contribution is 0.102. The highest BCUT2D eigenvalue weighted by molar-refractivity contribution is 6.09. The molecule has 0 saturated heterocycles. The van der Waals surface area contributed by atoms with Crippen LogP contribution in [0.15, 0.2) is 41.4 Å². The van der Waals surface area contributed by atoms with Crippen LogP contribution >= 0.6 is 0 Å². The number of fused-ring (bicyclic) bond motifs is 2. The molecule has 22 heavy (non-hydrogen) atoms. The fraction of sp³-hybridized carbons (Fsp3) is 0.176. The van der Waals surface area contributed by atoms with Crippen molar-refractivity contribution in [2.45, 2.75) is 12.8 Å². The second kappa shape index (κ2) is 5.89. The number of nitrogens with zero attached hydrogens (tertiary/aromatic N) is 1. The quantitative estimate of drug-likeness (QED) is 0.848. The van der Waals surface area contributed by atoms with Crippen LogP contribution in [0.1, 0.15) is 22.3 Å². The summed E-state index contributed by atoms with van der Waals surface area (Å²) in [6.07, 6.45) is 3.30. The summed E-state index contributed by atoms with van der Waals surface area (Å²) < 4.78 is 5.07. The first-order chi connectivity index (χ1) is 10.7. The molecule has 112 valence electrons. The molecule has 1 aliphatic rings. The lowest BCUT2D eigenvalue weighted by atomic mass is 10.1. The Morgan fingerprint density at radius 3 is 2.91 bits per heavy atom. The van der Waals surface area contributed by atoms with Gasteiger partial charge in [0.15, 0.2) is 11.5 Å². The van der Waals surface area contributed by atoms with E-state index in [1.807, 2.05) is 24.3 Å². The van der Waals surface area contributed by atoms with E-state index in [0.717, 1.165) is 24.1 Å². The van der Waals surface area contributed by atoms with Gasteiger partial charge in [-0.2, -0.15) is 0 Å². The number of amides is 1. The first-order valence-electron chi connectivity index (χ1n) is 7.02. The Labute approximate surface area is 128 Å². The van der Waals surface area contributed by atoms with Gasteiger partial charge in [-0.3, -0.25) is 9.79 Å². The number of phenols is 1. The zero-order valence-electron chi connectivity index (χ0n) is 12.2. The van der Waals surface area contributed by atoms with Crippen molar-refractivity contribution in [2.24, 2.45) is 4.99 Å². The molecule has 5 heteroatoms. The Balaban J connectivity index is 2.09. The summed E-state index contributed by atoms with van der Waals surface area (Å²) in [4.78, 5) is 16.8. The van der Waals surface area contributed by atoms with E-state index in [9.17, 15) is 9.90 Å². The van der Waals surface area contributed by atoms with Crippen LogP contribution in [0, 0.1) is 0 Å². The first-order valence-corrected chi connectivity index (χ1v) is 7.02. The molecule has 1 heterocycles. The van der Waals surface area contributed by atoms with E-state index in [2.05, 4.69) is 10.3 Å². The predicted molar refractivity (Wildman–Crippen MR) is 85.5 cm³/mol. The van der Waals surface area contributed by atoms with E-state index >= 15 is 0 Å². The van der Waals surface area contributed by atoms with Crippen molar-refractivity contribution in [3.05, 3.63) is 47.5 Å². The third-order valence-electron chi connectivity index (χ3n) is 3.58. The number of para-hydroxylation sites is 1. The van der Waals surface area contributed by atoms with Gasteiger partial charge in [-0.1, -0.05) is 18.2 Å². The summed E-state index contributed by atoms with van der Waals surface area (Å²) in [6, 6.07) is 10.6. The second-order valence-electron chi connectivity index (χ2n) is 5.00. The molecule has 2 N–H and O–H groups in total. The molecule has 1 aliphatic heterocycles. The van der Waals surface area contributed by atoms with Crippen LogP contribution in [-0.2, 0) is 6.42 Å². The minimum Gasteiger partial charge on any atom is -0.504 e. The average Bonchev–Trinajstić information content (AvgIpc) is 2.52. The standard InChI is InChI=1S/C17H16N2O3/c1-22-16-9-12-14(10-15(16)20)18-8-4-6-11-5-2-3-7-13(11)19-17(12)21/h2-3,5,7-10,20H,4,6H2,1H3,(H,19,21)/b18-8-. The van der Waals surface area contributed by atoms with E-state index in [-0.39, 0.29) is 17.4 Å². The third kappa shape index (κ3) is 2.65. The Morgan fingerprint density at radius 2 is 2.09 bits per heavy atom. The Morgan fingerprint density at radius 1 is 1.27 bits per heavy atom. The van der Waals surface area contributed by atoms with E-state index in [4.69, 9.17) is 4.74 Å². The number of hydrogen-bond acceptors (Lipinski definition) is 4. The molecule has 0 aromatic heterocycles. The molecule has 0 saturated carbocycles. The van der Waals surface area contributed by atoms with E-state index in [0.29, 0.717) is 11.3 Å². The molecule has 2 aromatic carbocycles. The van der Waals surface area contributed by atoms with Gasteiger partial charge in [-0.05, 0) is 30.5 Å². The number of phenolic OH excluding ortho intramolecular Hbond substituents is 1. The van der Waals surface area contributed by atoms with Crippen molar-refractivity contribution in [1.29, 1.82) is 0 Å². The fourth-order valence-electron chi connectivity index (χ4n) is 2.44. The van der Waals surface area contributed by atoms with Crippen LogP contribution in [0.25, 0.3) is 0 Å². The van der Waals surface area contributed by atoms with Crippen molar-refractivity contribution < 1.29 is 14.6 Å². The number of ether oxygens (including phenoxy) is 1. The maximum absolute atomic E-state index is 12.5. The molecule has 3 rings (SSSR count). The molecule has 2 aromatic rings. The van der Waals surface area contributed by atoms with Crippen LogP contribution < -0.4 is 10.1 Å². The third-order valence-corrected chi connectivity index (χ3v) is 3.58. The summed E-state index contributed by atoms with van der Waals surface area (Å²) in [7, 11) is 1.44. The zero-order valence-corrected chi connectivity index (χ0v) is 12.2. The first kappa shape index (κ1) is 14.1. The Kier molecular flexibility index (Phi) is 3.78. The molecule has 0 bridgehead atoms. The molecule has 1 amide bonds. The maximum atomic E-state index is 12.5.